The minimum absolute atomic E-state index is 0.473. The van der Waals surface area contributed by atoms with E-state index in [0.717, 1.165) is 12.2 Å². The van der Waals surface area contributed by atoms with Gasteiger partial charge in [-0.05, 0) is 44.7 Å². The molecule has 118 valence electrons. The number of anilines is 1. The second kappa shape index (κ2) is 7.79. The maximum Gasteiger partial charge on any atom is 0.130 e. The van der Waals surface area contributed by atoms with Crippen molar-refractivity contribution in [2.45, 2.75) is 65.5 Å². The molecule has 0 aliphatic carbocycles. The van der Waals surface area contributed by atoms with Gasteiger partial charge in [-0.3, -0.25) is 4.90 Å². The standard InChI is InChI=1S/C18H31N3/c1-5-15(4)20-18-16(9-8-11-19-18)17-10-6-7-12-21(17)13-14(2)3/h8-9,11,14-15,17H,5-7,10,12-13H2,1-4H3,(H,19,20)/t15-,17+/m1/s1. The van der Waals surface area contributed by atoms with Crippen LogP contribution in [0.4, 0.5) is 5.82 Å². The Balaban J connectivity index is 2.21. The summed E-state index contributed by atoms with van der Waals surface area (Å²) in [6.45, 7) is 11.5. The van der Waals surface area contributed by atoms with Crippen molar-refractivity contribution in [2.75, 3.05) is 18.4 Å². The van der Waals surface area contributed by atoms with E-state index in [2.05, 4.69) is 55.0 Å². The Morgan fingerprint density at radius 1 is 1.33 bits per heavy atom. The summed E-state index contributed by atoms with van der Waals surface area (Å²) in [5, 5.41) is 3.59. The SMILES string of the molecule is CC[C@@H](C)Nc1ncccc1[C@@H]1CCCCN1CC(C)C. The van der Waals surface area contributed by atoms with Crippen LogP contribution in [-0.2, 0) is 0 Å². The summed E-state index contributed by atoms with van der Waals surface area (Å²) < 4.78 is 0. The van der Waals surface area contributed by atoms with Crippen LogP contribution in [0.1, 0.15) is 65.0 Å². The molecular weight excluding hydrogens is 258 g/mol. The van der Waals surface area contributed by atoms with Crippen molar-refractivity contribution in [3.05, 3.63) is 23.9 Å². The van der Waals surface area contributed by atoms with E-state index in [0.29, 0.717) is 18.0 Å². The number of hydrogen-bond acceptors (Lipinski definition) is 3. The number of nitrogens with zero attached hydrogens (tertiary/aromatic N) is 2. The van der Waals surface area contributed by atoms with Gasteiger partial charge in [0.2, 0.25) is 0 Å². The van der Waals surface area contributed by atoms with Gasteiger partial charge in [0.1, 0.15) is 5.82 Å². The van der Waals surface area contributed by atoms with E-state index in [-0.39, 0.29) is 0 Å². The highest BCUT2D eigenvalue weighted by Gasteiger charge is 2.26. The summed E-state index contributed by atoms with van der Waals surface area (Å²) in [6, 6.07) is 5.35. The van der Waals surface area contributed by atoms with Crippen LogP contribution in [0.25, 0.3) is 0 Å². The van der Waals surface area contributed by atoms with E-state index in [9.17, 15) is 0 Å². The molecule has 3 nitrogen and oxygen atoms in total. The highest BCUT2D eigenvalue weighted by atomic mass is 15.2. The molecule has 1 fully saturated rings. The van der Waals surface area contributed by atoms with Crippen LogP contribution in [0.5, 0.6) is 0 Å². The third-order valence-corrected chi connectivity index (χ3v) is 4.41. The lowest BCUT2D eigenvalue weighted by Crippen LogP contribution is -2.36. The van der Waals surface area contributed by atoms with Gasteiger partial charge in [0, 0.05) is 30.4 Å². The second-order valence-corrected chi connectivity index (χ2v) is 6.80. The van der Waals surface area contributed by atoms with Crippen molar-refractivity contribution in [1.29, 1.82) is 0 Å². The number of piperidine rings is 1. The van der Waals surface area contributed by atoms with E-state index in [1.54, 1.807) is 0 Å². The van der Waals surface area contributed by atoms with Crippen LogP contribution in [0.3, 0.4) is 0 Å². The average Bonchev–Trinajstić information content (AvgIpc) is 2.48. The van der Waals surface area contributed by atoms with Gasteiger partial charge in [-0.2, -0.15) is 0 Å². The molecule has 0 spiro atoms. The highest BCUT2D eigenvalue weighted by Crippen LogP contribution is 2.34. The molecule has 21 heavy (non-hydrogen) atoms. The van der Waals surface area contributed by atoms with Gasteiger partial charge in [-0.25, -0.2) is 4.98 Å². The van der Waals surface area contributed by atoms with E-state index < -0.39 is 0 Å². The third kappa shape index (κ3) is 4.44. The number of pyridine rings is 1. The number of hydrogen-bond donors (Lipinski definition) is 1. The fourth-order valence-corrected chi connectivity index (χ4v) is 3.17. The number of rotatable bonds is 6. The van der Waals surface area contributed by atoms with Gasteiger partial charge < -0.3 is 5.32 Å². The van der Waals surface area contributed by atoms with Gasteiger partial charge in [0.25, 0.3) is 0 Å². The molecule has 0 bridgehead atoms. The predicted octanol–water partition coefficient (Wildman–Crippen LogP) is 4.48. The molecule has 0 saturated carbocycles. The Labute approximate surface area is 130 Å². The van der Waals surface area contributed by atoms with Crippen molar-refractivity contribution >= 4 is 5.82 Å². The Hall–Kier alpha value is -1.09. The molecule has 2 rings (SSSR count). The summed E-state index contributed by atoms with van der Waals surface area (Å²) in [4.78, 5) is 7.28. The lowest BCUT2D eigenvalue weighted by Gasteiger charge is -2.37. The van der Waals surface area contributed by atoms with Gasteiger partial charge in [-0.1, -0.05) is 33.3 Å². The Bertz CT molecular complexity index is 430. The van der Waals surface area contributed by atoms with Crippen molar-refractivity contribution in [2.24, 2.45) is 5.92 Å². The average molecular weight is 289 g/mol. The van der Waals surface area contributed by atoms with Gasteiger partial charge in [-0.15, -0.1) is 0 Å². The largest absolute Gasteiger partial charge is 0.367 e. The first-order valence-electron chi connectivity index (χ1n) is 8.57. The number of nitrogens with one attached hydrogen (secondary N) is 1. The zero-order chi connectivity index (χ0) is 15.2. The molecule has 1 aliphatic rings. The van der Waals surface area contributed by atoms with Crippen LogP contribution in [0.15, 0.2) is 18.3 Å². The van der Waals surface area contributed by atoms with Crippen molar-refractivity contribution in [3.8, 4) is 0 Å². The minimum atomic E-state index is 0.473. The van der Waals surface area contributed by atoms with Crippen molar-refractivity contribution in [1.82, 2.24) is 9.88 Å². The molecular formula is C18H31N3. The molecule has 1 aliphatic heterocycles. The normalized spacial score (nSPS) is 21.5. The predicted molar refractivity (Wildman–Crippen MR) is 90.6 cm³/mol. The lowest BCUT2D eigenvalue weighted by atomic mass is 9.94. The quantitative estimate of drug-likeness (QED) is 0.837. The van der Waals surface area contributed by atoms with Crippen molar-refractivity contribution in [3.63, 3.8) is 0 Å². The number of likely N-dealkylation sites (tertiary alicyclic amines) is 1. The van der Waals surface area contributed by atoms with Crippen LogP contribution >= 0.6 is 0 Å². The molecule has 0 amide bonds. The first kappa shape index (κ1) is 16.3. The second-order valence-electron chi connectivity index (χ2n) is 6.80. The van der Waals surface area contributed by atoms with Crippen LogP contribution in [0.2, 0.25) is 0 Å². The van der Waals surface area contributed by atoms with Gasteiger partial charge in [0.05, 0.1) is 0 Å². The molecule has 1 aromatic heterocycles. The summed E-state index contributed by atoms with van der Waals surface area (Å²) in [7, 11) is 0. The van der Waals surface area contributed by atoms with Gasteiger partial charge in [0.15, 0.2) is 0 Å². The molecule has 0 unspecified atom stereocenters. The summed E-state index contributed by atoms with van der Waals surface area (Å²) in [5.41, 5.74) is 1.39. The molecule has 0 aromatic carbocycles. The first-order chi connectivity index (χ1) is 10.1. The Morgan fingerprint density at radius 2 is 2.14 bits per heavy atom. The monoisotopic (exact) mass is 289 g/mol. The van der Waals surface area contributed by atoms with Crippen molar-refractivity contribution < 1.29 is 0 Å². The lowest BCUT2D eigenvalue weighted by molar-refractivity contribution is 0.132. The molecule has 3 heteroatoms. The van der Waals surface area contributed by atoms with E-state index in [1.165, 1.54) is 37.9 Å². The first-order valence-corrected chi connectivity index (χ1v) is 8.57. The van der Waals surface area contributed by atoms with E-state index in [4.69, 9.17) is 0 Å². The number of aromatic nitrogens is 1. The molecule has 2 heterocycles. The zero-order valence-corrected chi connectivity index (χ0v) is 14.1. The smallest absolute Gasteiger partial charge is 0.130 e. The Morgan fingerprint density at radius 3 is 2.86 bits per heavy atom. The third-order valence-electron chi connectivity index (χ3n) is 4.41. The fraction of sp³-hybridized carbons (Fsp3) is 0.722. The topological polar surface area (TPSA) is 28.2 Å². The van der Waals surface area contributed by atoms with E-state index in [1.807, 2.05) is 6.20 Å². The molecule has 2 atom stereocenters. The maximum absolute atomic E-state index is 4.62. The fourth-order valence-electron chi connectivity index (χ4n) is 3.17. The Kier molecular flexibility index (Phi) is 6.04. The van der Waals surface area contributed by atoms with Crippen LogP contribution < -0.4 is 5.32 Å². The zero-order valence-electron chi connectivity index (χ0n) is 14.1. The molecule has 1 saturated heterocycles. The molecule has 1 aromatic rings. The maximum atomic E-state index is 4.62. The minimum Gasteiger partial charge on any atom is -0.367 e. The van der Waals surface area contributed by atoms with Crippen LogP contribution in [0, 0.1) is 5.92 Å². The highest BCUT2D eigenvalue weighted by molar-refractivity contribution is 5.46. The summed E-state index contributed by atoms with van der Waals surface area (Å²) >= 11 is 0. The van der Waals surface area contributed by atoms with E-state index >= 15 is 0 Å². The summed E-state index contributed by atoms with van der Waals surface area (Å²) in [6.07, 6.45) is 6.95. The summed E-state index contributed by atoms with van der Waals surface area (Å²) in [5.74, 6) is 1.81. The molecule has 1 N–H and O–H groups in total. The van der Waals surface area contributed by atoms with Crippen LogP contribution in [-0.4, -0.2) is 29.0 Å². The van der Waals surface area contributed by atoms with Gasteiger partial charge >= 0.3 is 0 Å². The molecule has 0 radical (unpaired) electrons.